The molecule has 4 aliphatic rings. The van der Waals surface area contributed by atoms with Crippen molar-refractivity contribution in [2.24, 2.45) is 23.7 Å². The molecule has 3 aliphatic heterocycles. The second-order valence-electron chi connectivity index (χ2n) is 18.9. The van der Waals surface area contributed by atoms with Gasteiger partial charge < -0.3 is 58.4 Å². The minimum Gasteiger partial charge on any atom is -0.507 e. The van der Waals surface area contributed by atoms with Crippen LogP contribution in [0, 0.1) is 30.6 Å². The molecule has 4 N–H and O–H groups in total. The number of hydrogen-bond acceptors (Lipinski definition) is 16. The molecule has 0 spiro atoms. The van der Waals surface area contributed by atoms with Gasteiger partial charge in [0.1, 0.15) is 53.5 Å². The summed E-state index contributed by atoms with van der Waals surface area (Å²) >= 11 is 0. The van der Waals surface area contributed by atoms with Gasteiger partial charge in [0.2, 0.25) is 5.43 Å². The van der Waals surface area contributed by atoms with Crippen LogP contribution in [0.4, 0.5) is 5.69 Å². The molecule has 4 bridgehead atoms. The Morgan fingerprint density at radius 1 is 0.944 bits per heavy atom. The van der Waals surface area contributed by atoms with Crippen LogP contribution < -0.4 is 25.0 Å². The Labute approximate surface area is 412 Å². The van der Waals surface area contributed by atoms with Gasteiger partial charge in [0.25, 0.3) is 11.7 Å². The molecule has 0 unspecified atom stereocenters. The number of phenolic OH excluding ortho intramolecular Hbond substituents is 1. The average Bonchev–Trinajstić information content (AvgIpc) is 3.60. The quantitative estimate of drug-likeness (QED) is 0.0638. The van der Waals surface area contributed by atoms with E-state index in [0.717, 1.165) is 5.56 Å². The molecule has 0 radical (unpaired) electrons. The molecule has 9 atom stereocenters. The molecule has 3 heterocycles. The van der Waals surface area contributed by atoms with E-state index in [0.29, 0.717) is 18.9 Å². The maximum Gasteiger partial charge on any atom is 0.312 e. The van der Waals surface area contributed by atoms with Crippen LogP contribution >= 0.6 is 0 Å². The normalized spacial score (nSPS) is 27.0. The monoisotopic (exact) mass is 977 g/mol. The van der Waals surface area contributed by atoms with Gasteiger partial charge in [-0.1, -0.05) is 76.3 Å². The lowest BCUT2D eigenvalue weighted by Crippen LogP contribution is -2.46. The smallest absolute Gasteiger partial charge is 0.312 e. The number of carbonyl (C=O) groups excluding carboxylic acids is 3. The number of likely N-dealkylation sites (N-methyl/N-ethyl adjacent to an activating group) is 1. The second-order valence-corrected chi connectivity index (χ2v) is 18.9. The molecule has 7 rings (SSSR count). The van der Waals surface area contributed by atoms with E-state index in [1.54, 1.807) is 52.0 Å². The Morgan fingerprint density at radius 2 is 1.66 bits per heavy atom. The predicted octanol–water partition coefficient (Wildman–Crippen LogP) is 7.47. The molecule has 71 heavy (non-hydrogen) atoms. The minimum absolute atomic E-state index is 0.0347. The van der Waals surface area contributed by atoms with Crippen LogP contribution in [-0.2, 0) is 30.4 Å². The number of phenols is 1. The summed E-state index contributed by atoms with van der Waals surface area (Å²) in [5.74, 6) is -6.98. The van der Waals surface area contributed by atoms with Gasteiger partial charge in [0, 0.05) is 79.8 Å². The lowest BCUT2D eigenvalue weighted by atomic mass is 9.78. The lowest BCUT2D eigenvalue weighted by molar-refractivity contribution is -0.160. The number of esters is 1. The van der Waals surface area contributed by atoms with Crippen molar-refractivity contribution in [1.29, 1.82) is 0 Å². The summed E-state index contributed by atoms with van der Waals surface area (Å²) in [6.07, 6.45) is 3.49. The summed E-state index contributed by atoms with van der Waals surface area (Å²) in [7, 11) is 5.26. The highest BCUT2D eigenvalue weighted by atomic mass is 16.7. The Hall–Kier alpha value is -6.79. The molecule has 17 nitrogen and oxygen atoms in total. The Bertz CT molecular complexity index is 2940. The molecule has 0 aromatic heterocycles. The molecule has 3 aromatic rings. The predicted molar refractivity (Wildman–Crippen MR) is 266 cm³/mol. The van der Waals surface area contributed by atoms with E-state index in [4.69, 9.17) is 37.8 Å². The van der Waals surface area contributed by atoms with Gasteiger partial charge in [-0.2, -0.15) is 0 Å². The molecular formula is C54H63N3O14. The van der Waals surface area contributed by atoms with E-state index in [1.165, 1.54) is 53.2 Å². The number of methoxy groups -OCH3 is 1. The fourth-order valence-electron chi connectivity index (χ4n) is 9.13. The summed E-state index contributed by atoms with van der Waals surface area (Å²) in [5.41, 5.74) is -0.195. The zero-order valence-corrected chi connectivity index (χ0v) is 41.9. The maximum atomic E-state index is 15.0. The molecule has 0 saturated heterocycles. The molecule has 3 aromatic carbocycles. The van der Waals surface area contributed by atoms with Crippen LogP contribution in [0.3, 0.4) is 0 Å². The number of ketones is 1. The van der Waals surface area contributed by atoms with Gasteiger partial charge in [0.15, 0.2) is 17.1 Å². The van der Waals surface area contributed by atoms with Crippen LogP contribution in [-0.4, -0.2) is 107 Å². The van der Waals surface area contributed by atoms with Crippen molar-refractivity contribution in [2.45, 2.75) is 92.2 Å². The number of aromatic hydroxyl groups is 1. The largest absolute Gasteiger partial charge is 0.507 e. The number of nitrogens with zero attached hydrogens (tertiary/aromatic N) is 2. The number of anilines is 1. The number of aromatic nitrogens is 1. The molecule has 378 valence electrons. The van der Waals surface area contributed by atoms with E-state index in [-0.39, 0.29) is 73.8 Å². The number of fused-ring (bicyclic) bond motifs is 2. The van der Waals surface area contributed by atoms with Crippen molar-refractivity contribution in [1.82, 2.24) is 9.88 Å². The van der Waals surface area contributed by atoms with E-state index < -0.39 is 82.7 Å². The van der Waals surface area contributed by atoms with E-state index in [1.807, 2.05) is 49.3 Å². The lowest BCUT2D eigenvalue weighted by Gasteiger charge is -2.38. The number of rotatable bonds is 9. The van der Waals surface area contributed by atoms with Gasteiger partial charge in [-0.15, -0.1) is 0 Å². The highest BCUT2D eigenvalue weighted by molar-refractivity contribution is 6.22. The third-order valence-electron chi connectivity index (χ3n) is 13.4. The number of nitrogens with one attached hydrogen (secondary N) is 1. The minimum atomic E-state index is -2.09. The fourth-order valence-corrected chi connectivity index (χ4v) is 9.13. The second kappa shape index (κ2) is 21.3. The maximum absolute atomic E-state index is 15.0. The highest BCUT2D eigenvalue weighted by Gasteiger charge is 2.50. The summed E-state index contributed by atoms with van der Waals surface area (Å²) in [5, 5.41) is 37.4. The average molecular weight is 978 g/mol. The number of allylic oxidation sites excluding steroid dienone is 2. The van der Waals surface area contributed by atoms with Crippen molar-refractivity contribution in [3.05, 3.63) is 106 Å². The number of aliphatic hydroxyl groups is 2. The molecule has 1 aliphatic carbocycles. The van der Waals surface area contributed by atoms with Crippen LogP contribution in [0.5, 0.6) is 23.0 Å². The third kappa shape index (κ3) is 10.5. The fraction of sp³-hybridized carbons (Fsp3) is 0.426. The Morgan fingerprint density at radius 3 is 2.34 bits per heavy atom. The SMILES string of the molecule is CO[C@H]1/C=C/O[C@@]2(C)Oc3c(C)c(O)c4c(=O)c(c5oc6cc(OCCN(C)C)cc(OCc7ccccc7)c6nc-5c4c3C2=O)NC(=O)/C(C)=C\C=C\[C@H](C)[C@H](O)[C@@H](C)[C@@H](O)[C@@H](C)[C@H](OC(C)=O)[C@@H]1C. The van der Waals surface area contributed by atoms with Gasteiger partial charge in [0.05, 0.1) is 35.5 Å². The van der Waals surface area contributed by atoms with Crippen LogP contribution in [0.2, 0.25) is 0 Å². The number of amides is 1. The topological polar surface area (TPSA) is 226 Å². The Kier molecular flexibility index (Phi) is 15.6. The van der Waals surface area contributed by atoms with E-state index >= 15 is 4.79 Å². The first-order chi connectivity index (χ1) is 33.7. The molecule has 17 heteroatoms. The first kappa shape index (κ1) is 52.0. The number of aliphatic hydroxyl groups excluding tert-OH is 2. The molecule has 0 saturated carbocycles. The summed E-state index contributed by atoms with van der Waals surface area (Å²) < 4.78 is 43.2. The van der Waals surface area contributed by atoms with Crippen molar-refractivity contribution in [3.63, 3.8) is 0 Å². The Balaban J connectivity index is 1.47. The van der Waals surface area contributed by atoms with Crippen molar-refractivity contribution in [3.8, 4) is 34.5 Å². The molecular weight excluding hydrogens is 915 g/mol. The van der Waals surface area contributed by atoms with E-state index in [2.05, 4.69) is 5.32 Å². The van der Waals surface area contributed by atoms with Gasteiger partial charge in [-0.3, -0.25) is 19.2 Å². The van der Waals surface area contributed by atoms with E-state index in [9.17, 15) is 29.7 Å². The number of benzene rings is 4. The first-order valence-corrected chi connectivity index (χ1v) is 23.6. The highest BCUT2D eigenvalue weighted by Crippen LogP contribution is 2.51. The van der Waals surface area contributed by atoms with Crippen LogP contribution in [0.15, 0.2) is 87.8 Å². The first-order valence-electron chi connectivity index (χ1n) is 23.6. The summed E-state index contributed by atoms with van der Waals surface area (Å²) in [6, 6.07) is 12.7. The zero-order chi connectivity index (χ0) is 51.6. The van der Waals surface area contributed by atoms with Crippen molar-refractivity contribution < 1.29 is 62.5 Å². The summed E-state index contributed by atoms with van der Waals surface area (Å²) in [6.45, 7) is 13.6. The van der Waals surface area contributed by atoms with Gasteiger partial charge in [-0.25, -0.2) is 4.98 Å². The summed E-state index contributed by atoms with van der Waals surface area (Å²) in [4.78, 5) is 63.6. The zero-order valence-electron chi connectivity index (χ0n) is 41.9. The van der Waals surface area contributed by atoms with Crippen LogP contribution in [0.25, 0.3) is 33.3 Å². The number of Topliss-reactive ketones (excluding diaryl/α,β-unsaturated/α-hetero) is 1. The number of hydrogen-bond donors (Lipinski definition) is 4. The standard InChI is InChI=1S/C54H63N3O14/c1-27-16-15-17-28(2)53(64)56-44-48(62)40-39(43-51(44)70-38-25-35(66-23-21-57(9)10)24-37(42(38)55-43)67-26-34-18-13-12-14-19-34)41-50(32(6)47(40)61)71-54(8,52(41)63)68-22-20-36(65-11)29(3)49(69-33(7)58)31(5)46(60)30(4)45(27)59/h12-20,22,24-25,27,29-31,36,45-46,49,59-61H,21,23,26H2,1-11H3,(H,56,64)/b16-15+,22-20+,28-17-/t27-,29+,30+,31+,36-,45-,46+,49+,54-/m0/s1. The number of ether oxygens (including phenoxy) is 6. The van der Waals surface area contributed by atoms with Gasteiger partial charge in [-0.05, 0) is 39.6 Å². The van der Waals surface area contributed by atoms with Gasteiger partial charge >= 0.3 is 11.8 Å². The van der Waals surface area contributed by atoms with Crippen LogP contribution in [0.1, 0.15) is 70.0 Å². The van der Waals surface area contributed by atoms with Crippen molar-refractivity contribution in [2.75, 3.05) is 39.7 Å². The third-order valence-corrected chi connectivity index (χ3v) is 13.4. The van der Waals surface area contributed by atoms with Crippen molar-refractivity contribution >= 4 is 45.2 Å². The number of carbonyl (C=O) groups is 3. The molecule has 1 amide bonds. The molecule has 0 fully saturated rings.